The van der Waals surface area contributed by atoms with Gasteiger partial charge in [-0.3, -0.25) is 0 Å². The highest BCUT2D eigenvalue weighted by atomic mass is 16.3. The van der Waals surface area contributed by atoms with E-state index in [2.05, 4.69) is 13.5 Å². The second kappa shape index (κ2) is 7.80. The fourth-order valence-corrected chi connectivity index (χ4v) is 1.15. The average Bonchev–Trinajstić information content (AvgIpc) is 1.99. The van der Waals surface area contributed by atoms with Gasteiger partial charge in [-0.1, -0.05) is 25.8 Å². The molecule has 0 saturated carbocycles. The van der Waals surface area contributed by atoms with Gasteiger partial charge < -0.3 is 5.11 Å². The Labute approximate surface area is 70.1 Å². The first-order valence-electron chi connectivity index (χ1n) is 4.60. The van der Waals surface area contributed by atoms with Crippen molar-refractivity contribution in [2.24, 2.45) is 0 Å². The third kappa shape index (κ3) is 7.60. The summed E-state index contributed by atoms with van der Waals surface area (Å²) in [6.45, 7) is 5.76. The Morgan fingerprint density at radius 3 is 2.64 bits per heavy atom. The Hall–Kier alpha value is -0.300. The van der Waals surface area contributed by atoms with Crippen molar-refractivity contribution in [1.82, 2.24) is 0 Å². The molecule has 0 aromatic rings. The highest BCUT2D eigenvalue weighted by Crippen LogP contribution is 2.07. The van der Waals surface area contributed by atoms with Crippen molar-refractivity contribution in [3.8, 4) is 0 Å². The molecule has 0 aromatic heterocycles. The Morgan fingerprint density at radius 2 is 2.09 bits per heavy atom. The molecule has 0 aliphatic rings. The first kappa shape index (κ1) is 10.7. The molecule has 0 aliphatic carbocycles. The minimum atomic E-state index is -0.0650. The fourth-order valence-electron chi connectivity index (χ4n) is 1.15. The average molecular weight is 156 g/mol. The molecule has 0 spiro atoms. The zero-order valence-electron chi connectivity index (χ0n) is 7.55. The molecule has 66 valence electrons. The van der Waals surface area contributed by atoms with Crippen molar-refractivity contribution < 1.29 is 5.11 Å². The highest BCUT2D eigenvalue weighted by Gasteiger charge is 2.00. The van der Waals surface area contributed by atoms with Crippen LogP contribution in [0.15, 0.2) is 12.7 Å². The second-order valence-electron chi connectivity index (χ2n) is 3.02. The lowest BCUT2D eigenvalue weighted by molar-refractivity contribution is 0.150. The van der Waals surface area contributed by atoms with Crippen molar-refractivity contribution >= 4 is 0 Å². The van der Waals surface area contributed by atoms with E-state index < -0.39 is 0 Å². The first-order valence-corrected chi connectivity index (χ1v) is 4.60. The Morgan fingerprint density at radius 1 is 1.36 bits per heavy atom. The molecular weight excluding hydrogens is 136 g/mol. The Kier molecular flexibility index (Phi) is 7.59. The maximum absolute atomic E-state index is 9.32. The third-order valence-corrected chi connectivity index (χ3v) is 1.82. The lowest BCUT2D eigenvalue weighted by Gasteiger charge is -2.07. The Bertz CT molecular complexity index is 88.9. The number of aliphatic hydroxyl groups is 1. The maximum Gasteiger partial charge on any atom is 0.0540 e. The highest BCUT2D eigenvalue weighted by molar-refractivity contribution is 4.66. The topological polar surface area (TPSA) is 20.2 Å². The molecule has 11 heavy (non-hydrogen) atoms. The van der Waals surface area contributed by atoms with Crippen LogP contribution in [0.25, 0.3) is 0 Å². The lowest BCUT2D eigenvalue weighted by atomic mass is 10.1. The molecule has 1 heteroatoms. The maximum atomic E-state index is 9.32. The monoisotopic (exact) mass is 156 g/mol. The van der Waals surface area contributed by atoms with Crippen LogP contribution >= 0.6 is 0 Å². The Balaban J connectivity index is 3.03. The van der Waals surface area contributed by atoms with Crippen molar-refractivity contribution in [3.05, 3.63) is 12.7 Å². The zero-order valence-corrected chi connectivity index (χ0v) is 7.55. The largest absolute Gasteiger partial charge is 0.393 e. The van der Waals surface area contributed by atoms with E-state index >= 15 is 0 Å². The van der Waals surface area contributed by atoms with Gasteiger partial charge >= 0.3 is 0 Å². The molecule has 1 unspecified atom stereocenters. The minimum absolute atomic E-state index is 0.0650. The van der Waals surface area contributed by atoms with Gasteiger partial charge in [0.15, 0.2) is 0 Å². The molecule has 0 rings (SSSR count). The van der Waals surface area contributed by atoms with Crippen LogP contribution in [0.5, 0.6) is 0 Å². The predicted octanol–water partition coefficient (Wildman–Crippen LogP) is 2.89. The number of rotatable bonds is 7. The summed E-state index contributed by atoms with van der Waals surface area (Å²) >= 11 is 0. The van der Waals surface area contributed by atoms with Gasteiger partial charge in [0.25, 0.3) is 0 Å². The summed E-state index contributed by atoms with van der Waals surface area (Å²) in [5, 5.41) is 9.32. The molecule has 0 fully saturated rings. The van der Waals surface area contributed by atoms with Crippen LogP contribution in [0.2, 0.25) is 0 Å². The number of unbranched alkanes of at least 4 members (excludes halogenated alkanes) is 2. The van der Waals surface area contributed by atoms with Crippen LogP contribution < -0.4 is 0 Å². The summed E-state index contributed by atoms with van der Waals surface area (Å²) in [5.74, 6) is 0. The minimum Gasteiger partial charge on any atom is -0.393 e. The lowest BCUT2D eigenvalue weighted by Crippen LogP contribution is -2.04. The van der Waals surface area contributed by atoms with Gasteiger partial charge in [-0.25, -0.2) is 0 Å². The molecule has 0 saturated heterocycles. The number of hydrogen-bond acceptors (Lipinski definition) is 1. The van der Waals surface area contributed by atoms with Crippen LogP contribution in [0.1, 0.15) is 45.4 Å². The predicted molar refractivity (Wildman–Crippen MR) is 49.6 cm³/mol. The van der Waals surface area contributed by atoms with E-state index in [1.54, 1.807) is 0 Å². The summed E-state index contributed by atoms with van der Waals surface area (Å²) in [4.78, 5) is 0. The van der Waals surface area contributed by atoms with Gasteiger partial charge in [-0.15, -0.1) is 6.58 Å². The van der Waals surface area contributed by atoms with E-state index in [4.69, 9.17) is 0 Å². The van der Waals surface area contributed by atoms with E-state index in [9.17, 15) is 5.11 Å². The molecule has 0 radical (unpaired) electrons. The van der Waals surface area contributed by atoms with Gasteiger partial charge in [-0.2, -0.15) is 0 Å². The fraction of sp³-hybridized carbons (Fsp3) is 0.800. The quantitative estimate of drug-likeness (QED) is 0.444. The number of aliphatic hydroxyl groups excluding tert-OH is 1. The van der Waals surface area contributed by atoms with Crippen LogP contribution in [0.3, 0.4) is 0 Å². The second-order valence-corrected chi connectivity index (χ2v) is 3.02. The van der Waals surface area contributed by atoms with Gasteiger partial charge in [-0.05, 0) is 25.7 Å². The zero-order chi connectivity index (χ0) is 8.53. The SMILES string of the molecule is C=CCCCCC(O)CCC. The summed E-state index contributed by atoms with van der Waals surface area (Å²) in [5.41, 5.74) is 0. The van der Waals surface area contributed by atoms with Crippen LogP contribution in [0, 0.1) is 0 Å². The summed E-state index contributed by atoms with van der Waals surface area (Å²) in [6.07, 6.45) is 8.26. The van der Waals surface area contributed by atoms with Crippen LogP contribution in [0.4, 0.5) is 0 Å². The summed E-state index contributed by atoms with van der Waals surface area (Å²) in [6, 6.07) is 0. The molecule has 0 bridgehead atoms. The van der Waals surface area contributed by atoms with Gasteiger partial charge in [0.1, 0.15) is 0 Å². The number of allylic oxidation sites excluding steroid dienone is 1. The smallest absolute Gasteiger partial charge is 0.0540 e. The third-order valence-electron chi connectivity index (χ3n) is 1.82. The van der Waals surface area contributed by atoms with Crippen molar-refractivity contribution in [1.29, 1.82) is 0 Å². The molecule has 0 heterocycles. The molecule has 1 N–H and O–H groups in total. The van der Waals surface area contributed by atoms with Crippen molar-refractivity contribution in [2.75, 3.05) is 0 Å². The molecule has 0 aliphatic heterocycles. The van der Waals surface area contributed by atoms with Gasteiger partial charge in [0, 0.05) is 0 Å². The standard InChI is InChI=1S/C10H20O/c1-3-5-6-7-9-10(11)8-4-2/h3,10-11H,1,4-9H2,2H3. The summed E-state index contributed by atoms with van der Waals surface area (Å²) in [7, 11) is 0. The number of hydrogen-bond donors (Lipinski definition) is 1. The van der Waals surface area contributed by atoms with Crippen LogP contribution in [-0.2, 0) is 0 Å². The van der Waals surface area contributed by atoms with E-state index in [-0.39, 0.29) is 6.10 Å². The summed E-state index contributed by atoms with van der Waals surface area (Å²) < 4.78 is 0. The van der Waals surface area contributed by atoms with E-state index in [1.165, 1.54) is 6.42 Å². The molecule has 1 nitrogen and oxygen atoms in total. The van der Waals surface area contributed by atoms with Crippen LogP contribution in [-0.4, -0.2) is 11.2 Å². The molecule has 0 aromatic carbocycles. The molecular formula is C10H20O. The first-order chi connectivity index (χ1) is 5.31. The van der Waals surface area contributed by atoms with Crippen molar-refractivity contribution in [3.63, 3.8) is 0 Å². The van der Waals surface area contributed by atoms with Crippen molar-refractivity contribution in [2.45, 2.75) is 51.6 Å². The van der Waals surface area contributed by atoms with Gasteiger partial charge in [0.05, 0.1) is 6.10 Å². The molecule has 1 atom stereocenters. The van der Waals surface area contributed by atoms with E-state index in [1.807, 2.05) is 6.08 Å². The van der Waals surface area contributed by atoms with E-state index in [0.717, 1.165) is 32.1 Å². The normalized spacial score (nSPS) is 12.9. The van der Waals surface area contributed by atoms with E-state index in [0.29, 0.717) is 0 Å². The molecule has 0 amide bonds. The van der Waals surface area contributed by atoms with Gasteiger partial charge in [0.2, 0.25) is 0 Å².